The Kier molecular flexibility index (Phi) is 9.80. The maximum absolute atomic E-state index is 13.3. The van der Waals surface area contributed by atoms with Crippen molar-refractivity contribution in [2.24, 2.45) is 0 Å². The molecular weight excluding hydrogens is 428 g/mol. The number of amides is 2. The SMILES string of the molecule is COc1ccc(CCC(=O)N(CCc2ccccc2)C(C)C(=O)NC2CCCCC2)cc1OC. The molecule has 0 spiro atoms. The van der Waals surface area contributed by atoms with Gasteiger partial charge < -0.3 is 19.7 Å². The average Bonchev–Trinajstić information content (AvgIpc) is 2.88. The number of methoxy groups -OCH3 is 2. The highest BCUT2D eigenvalue weighted by molar-refractivity contribution is 5.87. The van der Waals surface area contributed by atoms with Crippen LogP contribution in [0.3, 0.4) is 0 Å². The zero-order valence-corrected chi connectivity index (χ0v) is 20.7. The average molecular weight is 467 g/mol. The van der Waals surface area contributed by atoms with Gasteiger partial charge in [-0.05, 0) is 55.9 Å². The summed E-state index contributed by atoms with van der Waals surface area (Å²) in [5, 5.41) is 3.19. The van der Waals surface area contributed by atoms with Gasteiger partial charge in [0, 0.05) is 19.0 Å². The molecule has 2 amide bonds. The zero-order valence-electron chi connectivity index (χ0n) is 20.7. The number of nitrogens with zero attached hydrogens (tertiary/aromatic N) is 1. The Balaban J connectivity index is 1.67. The molecule has 0 aromatic heterocycles. The quantitative estimate of drug-likeness (QED) is 0.528. The largest absolute Gasteiger partial charge is 0.493 e. The van der Waals surface area contributed by atoms with Gasteiger partial charge in [0.15, 0.2) is 11.5 Å². The molecule has 0 bridgehead atoms. The van der Waals surface area contributed by atoms with E-state index in [4.69, 9.17) is 9.47 Å². The molecule has 1 unspecified atom stereocenters. The van der Waals surface area contributed by atoms with E-state index < -0.39 is 6.04 Å². The van der Waals surface area contributed by atoms with E-state index in [1.807, 2.05) is 43.3 Å². The second kappa shape index (κ2) is 13.0. The number of ether oxygens (including phenoxy) is 2. The van der Waals surface area contributed by atoms with Crippen molar-refractivity contribution in [2.75, 3.05) is 20.8 Å². The van der Waals surface area contributed by atoms with Crippen LogP contribution in [0.4, 0.5) is 0 Å². The molecule has 0 aliphatic heterocycles. The molecule has 6 heteroatoms. The fourth-order valence-electron chi connectivity index (χ4n) is 4.57. The monoisotopic (exact) mass is 466 g/mol. The molecule has 6 nitrogen and oxygen atoms in total. The van der Waals surface area contributed by atoms with Gasteiger partial charge in [0.05, 0.1) is 14.2 Å². The first-order valence-corrected chi connectivity index (χ1v) is 12.4. The van der Waals surface area contributed by atoms with Crippen molar-refractivity contribution in [1.82, 2.24) is 10.2 Å². The lowest BCUT2D eigenvalue weighted by Crippen LogP contribution is -2.51. The van der Waals surface area contributed by atoms with Gasteiger partial charge in [0.1, 0.15) is 6.04 Å². The van der Waals surface area contributed by atoms with Crippen LogP contribution in [0.2, 0.25) is 0 Å². The first-order valence-electron chi connectivity index (χ1n) is 12.4. The molecule has 1 N–H and O–H groups in total. The highest BCUT2D eigenvalue weighted by atomic mass is 16.5. The molecule has 0 saturated heterocycles. The van der Waals surface area contributed by atoms with Gasteiger partial charge in [-0.1, -0.05) is 55.7 Å². The van der Waals surface area contributed by atoms with E-state index in [9.17, 15) is 9.59 Å². The van der Waals surface area contributed by atoms with E-state index >= 15 is 0 Å². The Hall–Kier alpha value is -3.02. The van der Waals surface area contributed by atoms with E-state index in [1.165, 1.54) is 6.42 Å². The molecule has 1 aliphatic carbocycles. The van der Waals surface area contributed by atoms with Crippen LogP contribution in [0.1, 0.15) is 56.6 Å². The van der Waals surface area contributed by atoms with Crippen molar-refractivity contribution >= 4 is 11.8 Å². The van der Waals surface area contributed by atoms with Crippen LogP contribution >= 0.6 is 0 Å². The third-order valence-corrected chi connectivity index (χ3v) is 6.68. The van der Waals surface area contributed by atoms with Crippen molar-refractivity contribution < 1.29 is 19.1 Å². The molecule has 0 heterocycles. The zero-order chi connectivity index (χ0) is 24.3. The summed E-state index contributed by atoms with van der Waals surface area (Å²) in [6.07, 6.45) is 7.20. The summed E-state index contributed by atoms with van der Waals surface area (Å²) < 4.78 is 10.7. The maximum Gasteiger partial charge on any atom is 0.242 e. The third-order valence-electron chi connectivity index (χ3n) is 6.68. The number of nitrogens with one attached hydrogen (secondary N) is 1. The van der Waals surface area contributed by atoms with E-state index in [-0.39, 0.29) is 17.9 Å². The van der Waals surface area contributed by atoms with Crippen LogP contribution < -0.4 is 14.8 Å². The molecule has 2 aromatic rings. The lowest BCUT2D eigenvalue weighted by molar-refractivity contribution is -0.140. The van der Waals surface area contributed by atoms with Crippen LogP contribution in [0.15, 0.2) is 48.5 Å². The van der Waals surface area contributed by atoms with Crippen LogP contribution in [0.5, 0.6) is 11.5 Å². The number of aryl methyl sites for hydroxylation is 1. The summed E-state index contributed by atoms with van der Waals surface area (Å²) in [6, 6.07) is 15.5. The van der Waals surface area contributed by atoms with Gasteiger partial charge in [0.25, 0.3) is 0 Å². The van der Waals surface area contributed by atoms with E-state index in [0.717, 1.165) is 36.8 Å². The van der Waals surface area contributed by atoms with Crippen molar-refractivity contribution in [3.8, 4) is 11.5 Å². The molecule has 1 aliphatic rings. The highest BCUT2D eigenvalue weighted by Crippen LogP contribution is 2.28. The Labute approximate surface area is 203 Å². The minimum atomic E-state index is -0.511. The number of hydrogen-bond acceptors (Lipinski definition) is 4. The van der Waals surface area contributed by atoms with E-state index in [2.05, 4.69) is 17.4 Å². The number of carbonyl (C=O) groups is 2. The van der Waals surface area contributed by atoms with Gasteiger partial charge in [-0.2, -0.15) is 0 Å². The van der Waals surface area contributed by atoms with Gasteiger partial charge >= 0.3 is 0 Å². The number of carbonyl (C=O) groups excluding carboxylic acids is 2. The summed E-state index contributed by atoms with van der Waals surface area (Å²) in [5.41, 5.74) is 2.15. The van der Waals surface area contributed by atoms with Crippen LogP contribution in [-0.4, -0.2) is 49.6 Å². The maximum atomic E-state index is 13.3. The predicted octanol–water partition coefficient (Wildman–Crippen LogP) is 4.55. The summed E-state index contributed by atoms with van der Waals surface area (Å²) in [5.74, 6) is 1.24. The second-order valence-electron chi connectivity index (χ2n) is 9.03. The number of rotatable bonds is 11. The van der Waals surface area contributed by atoms with E-state index in [0.29, 0.717) is 37.3 Å². The van der Waals surface area contributed by atoms with Crippen LogP contribution in [0.25, 0.3) is 0 Å². The van der Waals surface area contributed by atoms with Crippen molar-refractivity contribution in [2.45, 2.75) is 70.4 Å². The molecule has 1 saturated carbocycles. The van der Waals surface area contributed by atoms with Crippen molar-refractivity contribution in [1.29, 1.82) is 0 Å². The molecule has 184 valence electrons. The molecule has 1 atom stereocenters. The van der Waals surface area contributed by atoms with Crippen molar-refractivity contribution in [3.05, 3.63) is 59.7 Å². The smallest absolute Gasteiger partial charge is 0.242 e. The molecule has 3 rings (SSSR count). The summed E-state index contributed by atoms with van der Waals surface area (Å²) in [4.78, 5) is 28.1. The fourth-order valence-corrected chi connectivity index (χ4v) is 4.57. The Bertz CT molecular complexity index is 925. The lowest BCUT2D eigenvalue weighted by Gasteiger charge is -2.31. The standard InChI is InChI=1S/C28H38N2O4/c1-21(28(32)29-24-12-8-5-9-13-24)30(19-18-22-10-6-4-7-11-22)27(31)17-15-23-14-16-25(33-2)26(20-23)34-3/h4,6-7,10-11,14,16,20-21,24H,5,8-9,12-13,15,17-19H2,1-3H3,(H,29,32). The second-order valence-corrected chi connectivity index (χ2v) is 9.03. The number of hydrogen-bond donors (Lipinski definition) is 1. The Morgan fingerprint density at radius 2 is 1.65 bits per heavy atom. The Morgan fingerprint density at radius 3 is 2.32 bits per heavy atom. The summed E-state index contributed by atoms with van der Waals surface area (Å²) in [7, 11) is 3.20. The van der Waals surface area contributed by atoms with Gasteiger partial charge in [-0.15, -0.1) is 0 Å². The van der Waals surface area contributed by atoms with E-state index in [1.54, 1.807) is 19.1 Å². The van der Waals surface area contributed by atoms with Crippen LogP contribution in [0, 0.1) is 0 Å². The third kappa shape index (κ3) is 7.24. The first kappa shape index (κ1) is 25.6. The summed E-state index contributed by atoms with van der Waals surface area (Å²) >= 11 is 0. The van der Waals surface area contributed by atoms with Crippen molar-refractivity contribution in [3.63, 3.8) is 0 Å². The molecule has 1 fully saturated rings. The van der Waals surface area contributed by atoms with Gasteiger partial charge in [0.2, 0.25) is 11.8 Å². The minimum absolute atomic E-state index is 0.0167. The highest BCUT2D eigenvalue weighted by Gasteiger charge is 2.27. The minimum Gasteiger partial charge on any atom is -0.493 e. The first-order chi connectivity index (χ1) is 16.5. The molecular formula is C28H38N2O4. The van der Waals surface area contributed by atoms with Gasteiger partial charge in [-0.3, -0.25) is 9.59 Å². The topological polar surface area (TPSA) is 67.9 Å². The number of benzene rings is 2. The lowest BCUT2D eigenvalue weighted by atomic mass is 9.95. The molecule has 0 radical (unpaired) electrons. The fraction of sp³-hybridized carbons (Fsp3) is 0.500. The summed E-state index contributed by atoms with van der Waals surface area (Å²) in [6.45, 7) is 2.35. The van der Waals surface area contributed by atoms with Gasteiger partial charge in [-0.25, -0.2) is 0 Å². The van der Waals surface area contributed by atoms with Crippen LogP contribution in [-0.2, 0) is 22.4 Å². The Morgan fingerprint density at radius 1 is 0.941 bits per heavy atom. The normalized spacial score (nSPS) is 14.8. The molecule has 34 heavy (non-hydrogen) atoms. The molecule has 2 aromatic carbocycles. The predicted molar refractivity (Wildman–Crippen MR) is 134 cm³/mol.